The lowest BCUT2D eigenvalue weighted by Crippen LogP contribution is -2.36. The summed E-state index contributed by atoms with van der Waals surface area (Å²) in [5.41, 5.74) is 7.86. The fourth-order valence-electron chi connectivity index (χ4n) is 1.85. The van der Waals surface area contributed by atoms with Crippen LogP contribution in [0.25, 0.3) is 0 Å². The van der Waals surface area contributed by atoms with Gasteiger partial charge < -0.3 is 5.73 Å². The second-order valence-corrected chi connectivity index (χ2v) is 7.24. The van der Waals surface area contributed by atoms with Crippen molar-refractivity contribution < 1.29 is 8.42 Å². The van der Waals surface area contributed by atoms with Gasteiger partial charge in [-0.3, -0.25) is 0 Å². The van der Waals surface area contributed by atoms with E-state index in [1.54, 1.807) is 24.8 Å². The van der Waals surface area contributed by atoms with Gasteiger partial charge in [-0.05, 0) is 49.8 Å². The Kier molecular flexibility index (Phi) is 5.70. The quantitative estimate of drug-likeness (QED) is 0.791. The summed E-state index contributed by atoms with van der Waals surface area (Å²) in [6, 6.07) is 3.26. The zero-order valence-electron chi connectivity index (χ0n) is 11.9. The molecular weight excluding hydrogens is 280 g/mol. The second-order valence-electron chi connectivity index (χ2n) is 4.64. The van der Waals surface area contributed by atoms with Gasteiger partial charge in [0.05, 0.1) is 4.90 Å². The van der Waals surface area contributed by atoms with E-state index in [9.17, 15) is 8.42 Å². The molecule has 0 bridgehead atoms. The number of sulfonamides is 1. The summed E-state index contributed by atoms with van der Waals surface area (Å²) in [6.45, 7) is 5.64. The predicted molar refractivity (Wildman–Crippen MR) is 83.1 cm³/mol. The smallest absolute Gasteiger partial charge is 0.241 e. The van der Waals surface area contributed by atoms with Crippen LogP contribution in [0.3, 0.4) is 0 Å². The van der Waals surface area contributed by atoms with Crippen LogP contribution in [0.15, 0.2) is 17.0 Å². The fourth-order valence-corrected chi connectivity index (χ4v) is 4.35. The van der Waals surface area contributed by atoms with Crippen LogP contribution >= 0.6 is 11.8 Å². The van der Waals surface area contributed by atoms with Crippen LogP contribution in [-0.4, -0.2) is 26.5 Å². The Morgan fingerprint density at radius 1 is 1.37 bits per heavy atom. The molecule has 0 saturated heterocycles. The minimum absolute atomic E-state index is 0.0545. The highest BCUT2D eigenvalue weighted by Crippen LogP contribution is 2.22. The molecule has 0 heterocycles. The van der Waals surface area contributed by atoms with Crippen molar-refractivity contribution in [2.75, 3.05) is 17.7 Å². The summed E-state index contributed by atoms with van der Waals surface area (Å²) in [5.74, 6) is 0.760. The van der Waals surface area contributed by atoms with E-state index in [1.165, 1.54) is 6.07 Å². The minimum atomic E-state index is -3.51. The van der Waals surface area contributed by atoms with Crippen molar-refractivity contribution >= 4 is 27.5 Å². The maximum Gasteiger partial charge on any atom is 0.241 e. The number of aryl methyl sites for hydroxylation is 1. The maximum atomic E-state index is 12.4. The van der Waals surface area contributed by atoms with Gasteiger partial charge in [0.15, 0.2) is 0 Å². The number of hydrogen-bond acceptors (Lipinski definition) is 4. The normalized spacial score (nSPS) is 13.5. The molecule has 1 unspecified atom stereocenters. The number of benzene rings is 1. The van der Waals surface area contributed by atoms with Gasteiger partial charge in [0, 0.05) is 17.5 Å². The minimum Gasteiger partial charge on any atom is -0.399 e. The van der Waals surface area contributed by atoms with Gasteiger partial charge in [0.1, 0.15) is 0 Å². The molecule has 4 nitrogen and oxygen atoms in total. The molecule has 6 heteroatoms. The Bertz CT molecular complexity index is 542. The summed E-state index contributed by atoms with van der Waals surface area (Å²) in [6.07, 6.45) is 2.73. The summed E-state index contributed by atoms with van der Waals surface area (Å²) < 4.78 is 27.6. The highest BCUT2D eigenvalue weighted by atomic mass is 32.2. The number of hydrogen-bond donors (Lipinski definition) is 2. The van der Waals surface area contributed by atoms with Gasteiger partial charge in [-0.25, -0.2) is 13.1 Å². The van der Waals surface area contributed by atoms with E-state index in [-0.39, 0.29) is 10.9 Å². The van der Waals surface area contributed by atoms with Crippen LogP contribution in [0.2, 0.25) is 0 Å². The van der Waals surface area contributed by atoms with Gasteiger partial charge in [-0.15, -0.1) is 0 Å². The van der Waals surface area contributed by atoms with Crippen LogP contribution in [0.4, 0.5) is 5.69 Å². The zero-order valence-corrected chi connectivity index (χ0v) is 13.5. The zero-order chi connectivity index (χ0) is 14.6. The van der Waals surface area contributed by atoms with Gasteiger partial charge in [-0.1, -0.05) is 6.92 Å². The molecule has 0 aliphatic heterocycles. The first-order valence-electron chi connectivity index (χ1n) is 6.19. The first-order chi connectivity index (χ1) is 8.81. The number of thioether (sulfide) groups is 1. The van der Waals surface area contributed by atoms with Crippen LogP contribution < -0.4 is 10.5 Å². The molecule has 108 valence electrons. The number of rotatable bonds is 6. The number of nitrogen functional groups attached to an aromatic ring is 1. The van der Waals surface area contributed by atoms with Gasteiger partial charge in [0.25, 0.3) is 0 Å². The standard InChI is InChI=1S/C13H22N2O2S2/c1-5-12(8-18-4)15-19(16,17)13-7-11(14)6-9(2)10(13)3/h6-7,12,15H,5,8,14H2,1-4H3. The van der Waals surface area contributed by atoms with Crippen molar-refractivity contribution in [3.05, 3.63) is 23.3 Å². The maximum absolute atomic E-state index is 12.4. The van der Waals surface area contributed by atoms with Gasteiger partial charge in [0.2, 0.25) is 10.0 Å². The summed E-state index contributed by atoms with van der Waals surface area (Å²) in [4.78, 5) is 0.282. The Hall–Kier alpha value is -0.720. The van der Waals surface area contributed by atoms with E-state index >= 15 is 0 Å². The molecular formula is C13H22N2O2S2. The number of nitrogens with one attached hydrogen (secondary N) is 1. The first-order valence-corrected chi connectivity index (χ1v) is 9.07. The van der Waals surface area contributed by atoms with Gasteiger partial charge in [-0.2, -0.15) is 11.8 Å². The molecule has 0 fully saturated rings. The van der Waals surface area contributed by atoms with E-state index in [2.05, 4.69) is 4.72 Å². The predicted octanol–water partition coefficient (Wildman–Crippen LogP) is 2.31. The molecule has 0 aliphatic rings. The molecule has 0 aliphatic carbocycles. The first kappa shape index (κ1) is 16.3. The average Bonchev–Trinajstić information content (AvgIpc) is 2.32. The third kappa shape index (κ3) is 4.12. The monoisotopic (exact) mass is 302 g/mol. The molecule has 0 aromatic heterocycles. The van der Waals surface area contributed by atoms with E-state index in [0.29, 0.717) is 5.69 Å². The largest absolute Gasteiger partial charge is 0.399 e. The summed E-state index contributed by atoms with van der Waals surface area (Å²) in [5, 5.41) is 0. The van der Waals surface area contributed by atoms with Crippen LogP contribution in [0.5, 0.6) is 0 Å². The fraction of sp³-hybridized carbons (Fsp3) is 0.538. The highest BCUT2D eigenvalue weighted by molar-refractivity contribution is 7.98. The molecule has 1 aromatic carbocycles. The van der Waals surface area contributed by atoms with Crippen LogP contribution in [0.1, 0.15) is 24.5 Å². The number of nitrogens with two attached hydrogens (primary N) is 1. The molecule has 0 saturated carbocycles. The molecule has 1 rings (SSSR count). The molecule has 1 atom stereocenters. The third-order valence-corrected chi connectivity index (χ3v) is 5.50. The van der Waals surface area contributed by atoms with E-state index in [4.69, 9.17) is 5.73 Å². The second kappa shape index (κ2) is 6.63. The Labute approximate surface area is 120 Å². The Balaban J connectivity index is 3.13. The third-order valence-electron chi connectivity index (χ3n) is 3.11. The molecule has 0 radical (unpaired) electrons. The molecule has 0 spiro atoms. The lowest BCUT2D eigenvalue weighted by Gasteiger charge is -2.18. The van der Waals surface area contributed by atoms with Crippen LogP contribution in [0, 0.1) is 13.8 Å². The lowest BCUT2D eigenvalue weighted by molar-refractivity contribution is 0.557. The van der Waals surface area contributed by atoms with E-state index in [0.717, 1.165) is 23.3 Å². The van der Waals surface area contributed by atoms with Crippen LogP contribution in [-0.2, 0) is 10.0 Å². The highest BCUT2D eigenvalue weighted by Gasteiger charge is 2.21. The average molecular weight is 302 g/mol. The molecule has 3 N–H and O–H groups in total. The molecule has 1 aromatic rings. The van der Waals surface area contributed by atoms with E-state index < -0.39 is 10.0 Å². The Morgan fingerprint density at radius 2 is 2.00 bits per heavy atom. The number of anilines is 1. The van der Waals surface area contributed by atoms with Crippen molar-refractivity contribution in [1.29, 1.82) is 0 Å². The lowest BCUT2D eigenvalue weighted by atomic mass is 10.1. The van der Waals surface area contributed by atoms with Crippen molar-refractivity contribution in [2.45, 2.75) is 38.1 Å². The van der Waals surface area contributed by atoms with Crippen molar-refractivity contribution in [1.82, 2.24) is 4.72 Å². The molecule has 19 heavy (non-hydrogen) atoms. The van der Waals surface area contributed by atoms with E-state index in [1.807, 2.05) is 20.1 Å². The Morgan fingerprint density at radius 3 is 2.53 bits per heavy atom. The topological polar surface area (TPSA) is 72.2 Å². The molecule has 0 amide bonds. The summed E-state index contributed by atoms with van der Waals surface area (Å²) in [7, 11) is -3.51. The van der Waals surface area contributed by atoms with Crippen molar-refractivity contribution in [3.8, 4) is 0 Å². The SMILES string of the molecule is CCC(CSC)NS(=O)(=O)c1cc(N)cc(C)c1C. The van der Waals surface area contributed by atoms with Crippen molar-refractivity contribution in [2.24, 2.45) is 0 Å². The summed E-state index contributed by atoms with van der Waals surface area (Å²) >= 11 is 1.63. The van der Waals surface area contributed by atoms with Crippen molar-refractivity contribution in [3.63, 3.8) is 0 Å². The van der Waals surface area contributed by atoms with Gasteiger partial charge >= 0.3 is 0 Å².